The maximum Gasteiger partial charge on any atom is 3.00 e. The monoisotopic (exact) mass is 1160 g/mol. The van der Waals surface area contributed by atoms with E-state index in [1.165, 1.54) is 81.9 Å². The molecular weight excluding hydrogens is 1080 g/mol. The van der Waals surface area contributed by atoms with Gasteiger partial charge < -0.3 is 68.3 Å². The first-order valence-electron chi connectivity index (χ1n) is 25.1. The fourth-order valence-electron chi connectivity index (χ4n) is 7.30. The van der Waals surface area contributed by atoms with Crippen molar-refractivity contribution in [1.82, 2.24) is 20.0 Å². The van der Waals surface area contributed by atoms with Gasteiger partial charge in [-0.25, -0.2) is 0 Å². The van der Waals surface area contributed by atoms with E-state index in [1.54, 1.807) is 0 Å². The summed E-state index contributed by atoms with van der Waals surface area (Å²) in [5.41, 5.74) is 0. The Bertz CT molecular complexity index is 1470. The Labute approximate surface area is 449 Å². The summed E-state index contributed by atoms with van der Waals surface area (Å²) in [5, 5.41) is 47.1. The molecule has 1 N–H and O–H groups in total. The van der Waals surface area contributed by atoms with Crippen LogP contribution < -0.4 is 30.6 Å². The molecule has 0 aliphatic heterocycles. The number of esters is 2. The molecule has 407 valence electrons. The van der Waals surface area contributed by atoms with Crippen LogP contribution in [0.2, 0.25) is 0 Å². The van der Waals surface area contributed by atoms with Crippen LogP contribution in [0.1, 0.15) is 169 Å². The van der Waals surface area contributed by atoms with Gasteiger partial charge in [0.2, 0.25) is 5.91 Å². The van der Waals surface area contributed by atoms with Crippen molar-refractivity contribution in [3.63, 3.8) is 0 Å². The number of amides is 1. The largest absolute Gasteiger partial charge is 3.00 e. The Morgan fingerprint density at radius 2 is 0.857 bits per heavy atom. The second kappa shape index (κ2) is 46.4. The van der Waals surface area contributed by atoms with Crippen LogP contribution >= 0.6 is 7.82 Å². The standard InChI is InChI=1S/C47H87N4O17P.Gd/c1-3-5-7-9-11-13-15-17-19-21-23-25-46(61)65-38-40(68-47(62)26-24-22-20-18-16-14-12-10-8-6-4-2)39-67-69(63,64)66-32-27-48-41(52)33-50(35-43(55)56)30-28-49(34-42(53)54)29-31-51(36-44(57)58)37-45(59)60;/h40H,3-39H2,1-2H3,(H,48,52)(H,53,54)(H,55,56)(H,57,58)(H,59,60)(H,63,64);/q;+3/p-4. The minimum absolute atomic E-state index is 0. The molecule has 0 aliphatic carbocycles. The Morgan fingerprint density at radius 3 is 1.27 bits per heavy atom. The van der Waals surface area contributed by atoms with E-state index in [9.17, 15) is 63.4 Å². The molecule has 0 aromatic carbocycles. The third kappa shape index (κ3) is 46.7. The second-order valence-electron chi connectivity index (χ2n) is 17.5. The van der Waals surface area contributed by atoms with Crippen LogP contribution in [0, 0.1) is 39.9 Å². The number of phosphoric ester groups is 1. The first-order chi connectivity index (χ1) is 33.0. The summed E-state index contributed by atoms with van der Waals surface area (Å²) in [4.78, 5) is 98.6. The number of unbranched alkanes of at least 4 members (excludes halogenated alkanes) is 20. The molecule has 1 radical (unpaired) electrons. The summed E-state index contributed by atoms with van der Waals surface area (Å²) in [5.74, 6) is -8.17. The van der Waals surface area contributed by atoms with Crippen LogP contribution in [0.25, 0.3) is 0 Å². The van der Waals surface area contributed by atoms with Gasteiger partial charge in [0.05, 0.1) is 43.6 Å². The zero-order valence-electron chi connectivity index (χ0n) is 42.8. The number of ether oxygens (including phenoxy) is 2. The van der Waals surface area contributed by atoms with Gasteiger partial charge in [-0.05, 0) is 12.8 Å². The molecule has 0 aliphatic rings. The van der Waals surface area contributed by atoms with E-state index in [-0.39, 0.29) is 86.9 Å². The molecule has 0 spiro atoms. The molecule has 0 fully saturated rings. The van der Waals surface area contributed by atoms with Gasteiger partial charge in [0.25, 0.3) is 7.82 Å². The Balaban J connectivity index is -0.0000231. The van der Waals surface area contributed by atoms with Crippen molar-refractivity contribution in [2.45, 2.75) is 174 Å². The SMILES string of the molecule is CCCCCCCCCCCCCC(=O)OCC(COP(=O)([O-])OCCNC(=O)CN(CCN(CCN(CC(=O)[O-])CC(=O)[O-])CC(=O)[O-])CC(=O)[O-])OC(=O)CCCCCCCCCCCCC.[Gd+3].[H+]. The van der Waals surface area contributed by atoms with Crippen LogP contribution in [0.4, 0.5) is 0 Å². The Hall–Kier alpha value is -2.40. The van der Waals surface area contributed by atoms with Crippen LogP contribution in [0.5, 0.6) is 0 Å². The molecule has 0 saturated carbocycles. The molecule has 0 aromatic rings. The van der Waals surface area contributed by atoms with Crippen molar-refractivity contribution < 1.29 is 123 Å². The van der Waals surface area contributed by atoms with Gasteiger partial charge in [0.15, 0.2) is 6.10 Å². The van der Waals surface area contributed by atoms with Gasteiger partial charge in [-0.3, -0.25) is 33.6 Å². The molecule has 0 aromatic heterocycles. The Kier molecular flexibility index (Phi) is 46.2. The summed E-state index contributed by atoms with van der Waals surface area (Å²) in [6.07, 6.45) is 23.2. The topological polar surface area (TPSA) is 311 Å². The number of hydrogen-bond donors (Lipinski definition) is 1. The number of carboxylic acid groups (broad SMARTS) is 4. The number of carboxylic acids is 4. The molecule has 0 heterocycles. The average molecular weight is 1160 g/mol. The minimum Gasteiger partial charge on any atom is -0.756 e. The van der Waals surface area contributed by atoms with E-state index >= 15 is 0 Å². The van der Waals surface area contributed by atoms with Gasteiger partial charge in [0, 0.05) is 71.7 Å². The number of carbonyl (C=O) groups excluding carboxylic acids is 7. The predicted octanol–water partition coefficient (Wildman–Crippen LogP) is 0.480. The zero-order valence-corrected chi connectivity index (χ0v) is 45.0. The predicted molar refractivity (Wildman–Crippen MR) is 246 cm³/mol. The molecule has 0 saturated heterocycles. The first-order valence-corrected chi connectivity index (χ1v) is 26.6. The fraction of sp³-hybridized carbons (Fsp3) is 0.851. The molecule has 70 heavy (non-hydrogen) atoms. The van der Waals surface area contributed by atoms with Crippen molar-refractivity contribution in [1.29, 1.82) is 0 Å². The van der Waals surface area contributed by atoms with E-state index in [0.29, 0.717) is 12.8 Å². The molecule has 23 heteroatoms. The number of phosphoric acid groups is 1. The van der Waals surface area contributed by atoms with Gasteiger partial charge in [0.1, 0.15) is 6.61 Å². The first kappa shape index (κ1) is 69.7. The van der Waals surface area contributed by atoms with E-state index in [4.69, 9.17) is 18.5 Å². The number of rotatable bonds is 50. The number of nitrogens with zero attached hydrogens (tertiary/aromatic N) is 3. The fourth-order valence-corrected chi connectivity index (χ4v) is 8.04. The van der Waals surface area contributed by atoms with Gasteiger partial charge >= 0.3 is 53.3 Å². The maximum absolute atomic E-state index is 12.8. The number of aliphatic carboxylic acids is 4. The van der Waals surface area contributed by atoms with E-state index < -0.39 is 108 Å². The molecule has 21 nitrogen and oxygen atoms in total. The quantitative estimate of drug-likeness (QED) is 0.0492. The van der Waals surface area contributed by atoms with E-state index in [1.807, 2.05) is 0 Å². The Morgan fingerprint density at radius 1 is 0.500 bits per heavy atom. The number of hydrogen-bond acceptors (Lipinski definition) is 20. The second-order valence-corrected chi connectivity index (χ2v) is 18.9. The normalized spacial score (nSPS) is 12.6. The van der Waals surface area contributed by atoms with Crippen LogP contribution in [0.3, 0.4) is 0 Å². The molecule has 0 rings (SSSR count). The third-order valence-electron chi connectivity index (χ3n) is 11.0. The smallest absolute Gasteiger partial charge is 0.756 e. The third-order valence-corrected chi connectivity index (χ3v) is 12.0. The number of nitrogens with one attached hydrogen (secondary N) is 1. The molecule has 0 bridgehead atoms. The zero-order chi connectivity index (χ0) is 51.5. The molecule has 2 unspecified atom stereocenters. The molecular formula is C47H83GdN4O17P-. The summed E-state index contributed by atoms with van der Waals surface area (Å²) in [6.45, 7) is -2.21. The van der Waals surface area contributed by atoms with E-state index in [2.05, 4.69) is 19.2 Å². The van der Waals surface area contributed by atoms with Crippen molar-refractivity contribution >= 4 is 49.5 Å². The molecule has 1 amide bonds. The number of carbonyl (C=O) groups is 7. The van der Waals surface area contributed by atoms with E-state index in [0.717, 1.165) is 61.2 Å². The van der Waals surface area contributed by atoms with Crippen molar-refractivity contribution in [3.8, 4) is 0 Å². The van der Waals surface area contributed by atoms with Crippen molar-refractivity contribution in [2.24, 2.45) is 0 Å². The minimum atomic E-state index is -5.06. The summed E-state index contributed by atoms with van der Waals surface area (Å²) >= 11 is 0. The van der Waals surface area contributed by atoms with Gasteiger partial charge in [-0.1, -0.05) is 142 Å². The maximum atomic E-state index is 12.8. The van der Waals surface area contributed by atoms with Crippen LogP contribution in [-0.4, -0.2) is 148 Å². The van der Waals surface area contributed by atoms with Crippen molar-refractivity contribution in [3.05, 3.63) is 0 Å². The molecule has 2 atom stereocenters. The summed E-state index contributed by atoms with van der Waals surface area (Å²) in [6, 6.07) is 0. The van der Waals surface area contributed by atoms with Crippen LogP contribution in [0.15, 0.2) is 0 Å². The van der Waals surface area contributed by atoms with Crippen LogP contribution in [-0.2, 0) is 56.6 Å². The van der Waals surface area contributed by atoms with Gasteiger partial charge in [-0.15, -0.1) is 0 Å². The average Bonchev–Trinajstić information content (AvgIpc) is 3.27. The summed E-state index contributed by atoms with van der Waals surface area (Å²) < 4.78 is 33.3. The van der Waals surface area contributed by atoms with Gasteiger partial charge in [-0.2, -0.15) is 0 Å². The summed E-state index contributed by atoms with van der Waals surface area (Å²) in [7, 11) is -5.06. The van der Waals surface area contributed by atoms with Crippen molar-refractivity contribution in [2.75, 3.05) is 85.3 Å².